The second-order valence-electron chi connectivity index (χ2n) is 6.77. The maximum atomic E-state index is 12.3. The van der Waals surface area contributed by atoms with Crippen LogP contribution in [-0.2, 0) is 4.79 Å². The van der Waals surface area contributed by atoms with Crippen molar-refractivity contribution in [2.45, 2.75) is 33.2 Å². The van der Waals surface area contributed by atoms with E-state index in [9.17, 15) is 9.59 Å². The third-order valence-electron chi connectivity index (χ3n) is 4.96. The number of nitrogens with one attached hydrogen (secondary N) is 2. The highest BCUT2D eigenvalue weighted by Gasteiger charge is 2.18. The zero-order valence-corrected chi connectivity index (χ0v) is 17.1. The Morgan fingerprint density at radius 1 is 0.929 bits per heavy atom. The van der Waals surface area contributed by atoms with Crippen LogP contribution in [0, 0.1) is 6.92 Å². The molecular weight excluding hydrogens is 350 g/mol. The van der Waals surface area contributed by atoms with Crippen LogP contribution in [0.2, 0.25) is 0 Å². The maximum Gasteiger partial charge on any atom is 0.251 e. The van der Waals surface area contributed by atoms with Gasteiger partial charge in [0.15, 0.2) is 0 Å². The Hall–Kier alpha value is -2.66. The Balaban J connectivity index is 1.84. The Bertz CT molecular complexity index is 757. The van der Waals surface area contributed by atoms with Gasteiger partial charge >= 0.3 is 0 Å². The van der Waals surface area contributed by atoms with Gasteiger partial charge < -0.3 is 10.6 Å². The highest BCUT2D eigenvalue weighted by molar-refractivity contribution is 5.95. The lowest BCUT2D eigenvalue weighted by molar-refractivity contribution is -0.121. The van der Waals surface area contributed by atoms with Gasteiger partial charge in [-0.25, -0.2) is 0 Å². The van der Waals surface area contributed by atoms with Gasteiger partial charge in [-0.05, 0) is 37.2 Å². The number of hydrogen-bond acceptors (Lipinski definition) is 3. The zero-order valence-electron chi connectivity index (χ0n) is 17.1. The smallest absolute Gasteiger partial charge is 0.251 e. The molecule has 2 aromatic rings. The number of hydrogen-bond donors (Lipinski definition) is 2. The Morgan fingerprint density at radius 3 is 2.21 bits per heavy atom. The molecule has 0 aliphatic heterocycles. The quantitative estimate of drug-likeness (QED) is 0.664. The summed E-state index contributed by atoms with van der Waals surface area (Å²) < 4.78 is 0. The van der Waals surface area contributed by atoms with Crippen LogP contribution in [0.25, 0.3) is 0 Å². The molecule has 0 aliphatic carbocycles. The van der Waals surface area contributed by atoms with E-state index in [-0.39, 0.29) is 24.3 Å². The van der Waals surface area contributed by atoms with Crippen LogP contribution in [0.3, 0.4) is 0 Å². The Kier molecular flexibility index (Phi) is 8.69. The van der Waals surface area contributed by atoms with E-state index in [1.807, 2.05) is 43.3 Å². The van der Waals surface area contributed by atoms with Crippen LogP contribution in [-0.4, -0.2) is 42.9 Å². The van der Waals surface area contributed by atoms with Gasteiger partial charge in [-0.3, -0.25) is 14.5 Å². The first-order chi connectivity index (χ1) is 13.6. The lowest BCUT2D eigenvalue weighted by atomic mass is 10.0. The van der Waals surface area contributed by atoms with Gasteiger partial charge in [0.2, 0.25) is 5.91 Å². The van der Waals surface area contributed by atoms with Crippen molar-refractivity contribution in [2.75, 3.05) is 26.2 Å². The van der Waals surface area contributed by atoms with Crippen molar-refractivity contribution < 1.29 is 9.59 Å². The maximum absolute atomic E-state index is 12.3. The minimum atomic E-state index is -0.142. The topological polar surface area (TPSA) is 61.4 Å². The van der Waals surface area contributed by atoms with Gasteiger partial charge in [0, 0.05) is 25.1 Å². The molecule has 1 unspecified atom stereocenters. The first-order valence-electron chi connectivity index (χ1n) is 9.96. The number of benzene rings is 2. The summed E-state index contributed by atoms with van der Waals surface area (Å²) in [7, 11) is 0. The van der Waals surface area contributed by atoms with Crippen LogP contribution in [0.1, 0.15) is 47.8 Å². The molecular formula is C23H31N3O2. The monoisotopic (exact) mass is 381 g/mol. The Morgan fingerprint density at radius 2 is 1.57 bits per heavy atom. The summed E-state index contributed by atoms with van der Waals surface area (Å²) in [6, 6.07) is 17.8. The van der Waals surface area contributed by atoms with Gasteiger partial charge in [-0.2, -0.15) is 0 Å². The fraction of sp³-hybridized carbons (Fsp3) is 0.391. The predicted octanol–water partition coefficient (Wildman–Crippen LogP) is 3.31. The summed E-state index contributed by atoms with van der Waals surface area (Å²) in [5.41, 5.74) is 2.77. The highest BCUT2D eigenvalue weighted by Crippen LogP contribution is 2.19. The van der Waals surface area contributed by atoms with E-state index in [1.54, 1.807) is 6.07 Å². The first-order valence-corrected chi connectivity index (χ1v) is 9.96. The van der Waals surface area contributed by atoms with Gasteiger partial charge in [-0.1, -0.05) is 62.4 Å². The molecule has 2 rings (SSSR count). The number of likely N-dealkylation sites (N-methyl/N-ethyl adjacent to an activating group) is 1. The lowest BCUT2D eigenvalue weighted by Gasteiger charge is -2.30. The highest BCUT2D eigenvalue weighted by atomic mass is 16.2. The molecule has 2 N–H and O–H groups in total. The second-order valence-corrected chi connectivity index (χ2v) is 6.77. The molecule has 28 heavy (non-hydrogen) atoms. The van der Waals surface area contributed by atoms with E-state index in [0.29, 0.717) is 18.7 Å². The number of aryl methyl sites for hydroxylation is 1. The number of carbonyl (C=O) groups excluding carboxylic acids is 2. The van der Waals surface area contributed by atoms with Crippen molar-refractivity contribution in [2.24, 2.45) is 0 Å². The average molecular weight is 382 g/mol. The second kappa shape index (κ2) is 11.2. The van der Waals surface area contributed by atoms with Gasteiger partial charge in [0.05, 0.1) is 6.04 Å². The van der Waals surface area contributed by atoms with Crippen molar-refractivity contribution in [1.29, 1.82) is 0 Å². The van der Waals surface area contributed by atoms with E-state index in [4.69, 9.17) is 0 Å². The van der Waals surface area contributed by atoms with E-state index < -0.39 is 0 Å². The van der Waals surface area contributed by atoms with Gasteiger partial charge in [0.25, 0.3) is 5.91 Å². The fourth-order valence-electron chi connectivity index (χ4n) is 3.31. The lowest BCUT2D eigenvalue weighted by Crippen LogP contribution is -2.39. The molecule has 0 aromatic heterocycles. The molecule has 2 aromatic carbocycles. The number of rotatable bonds is 10. The summed E-state index contributed by atoms with van der Waals surface area (Å²) in [5, 5.41) is 5.85. The van der Waals surface area contributed by atoms with E-state index in [2.05, 4.69) is 41.5 Å². The molecule has 2 amide bonds. The molecule has 0 saturated heterocycles. The molecule has 0 aliphatic rings. The molecule has 5 nitrogen and oxygen atoms in total. The zero-order chi connectivity index (χ0) is 20.4. The van der Waals surface area contributed by atoms with Crippen LogP contribution < -0.4 is 10.6 Å². The summed E-state index contributed by atoms with van der Waals surface area (Å²) >= 11 is 0. The molecule has 0 bridgehead atoms. The minimum absolute atomic E-state index is 0.0572. The third-order valence-corrected chi connectivity index (χ3v) is 4.96. The molecule has 5 heteroatoms. The van der Waals surface area contributed by atoms with Crippen molar-refractivity contribution in [1.82, 2.24) is 15.5 Å². The third kappa shape index (κ3) is 6.20. The molecule has 0 radical (unpaired) electrons. The SMILES string of the molecule is CCN(CC)C(CNC(=O)CCNC(=O)c1ccccc1C)c1ccccc1. The molecule has 0 heterocycles. The molecule has 1 atom stereocenters. The van der Waals surface area contributed by atoms with Crippen LogP contribution >= 0.6 is 0 Å². The minimum Gasteiger partial charge on any atom is -0.354 e. The number of carbonyl (C=O) groups is 2. The Labute approximate surface area is 168 Å². The average Bonchev–Trinajstić information content (AvgIpc) is 2.72. The van der Waals surface area contributed by atoms with E-state index in [0.717, 1.165) is 18.7 Å². The van der Waals surface area contributed by atoms with E-state index >= 15 is 0 Å². The van der Waals surface area contributed by atoms with Crippen molar-refractivity contribution in [3.63, 3.8) is 0 Å². The standard InChI is InChI=1S/C23H31N3O2/c1-4-26(5-2)21(19-12-7-6-8-13-19)17-25-22(27)15-16-24-23(28)20-14-10-9-11-18(20)3/h6-14,21H,4-5,15-17H2,1-3H3,(H,24,28)(H,25,27). The van der Waals surface area contributed by atoms with Gasteiger partial charge in [0.1, 0.15) is 0 Å². The normalized spacial score (nSPS) is 11.9. The summed E-state index contributed by atoms with van der Waals surface area (Å²) in [4.78, 5) is 26.8. The van der Waals surface area contributed by atoms with Crippen LogP contribution in [0.15, 0.2) is 54.6 Å². The van der Waals surface area contributed by atoms with Crippen molar-refractivity contribution >= 4 is 11.8 Å². The molecule has 150 valence electrons. The van der Waals surface area contributed by atoms with Crippen molar-refractivity contribution in [3.8, 4) is 0 Å². The summed E-state index contributed by atoms with van der Waals surface area (Å²) in [5.74, 6) is -0.200. The summed E-state index contributed by atoms with van der Waals surface area (Å²) in [6.45, 7) is 8.86. The van der Waals surface area contributed by atoms with Crippen LogP contribution in [0.5, 0.6) is 0 Å². The molecule has 0 saturated carbocycles. The first kappa shape index (κ1) is 21.6. The van der Waals surface area contributed by atoms with Crippen molar-refractivity contribution in [3.05, 3.63) is 71.3 Å². The fourth-order valence-corrected chi connectivity index (χ4v) is 3.31. The van der Waals surface area contributed by atoms with Crippen LogP contribution in [0.4, 0.5) is 0 Å². The largest absolute Gasteiger partial charge is 0.354 e. The molecule has 0 fully saturated rings. The number of nitrogens with zero attached hydrogens (tertiary/aromatic N) is 1. The predicted molar refractivity (Wildman–Crippen MR) is 113 cm³/mol. The molecule has 0 spiro atoms. The summed E-state index contributed by atoms with van der Waals surface area (Å²) in [6.07, 6.45) is 0.261. The van der Waals surface area contributed by atoms with E-state index in [1.165, 1.54) is 5.56 Å². The number of amides is 2. The van der Waals surface area contributed by atoms with Gasteiger partial charge in [-0.15, -0.1) is 0 Å².